The van der Waals surface area contributed by atoms with Crippen molar-refractivity contribution in [2.45, 2.75) is 13.2 Å². The highest BCUT2D eigenvalue weighted by Crippen LogP contribution is 2.09. The molecule has 1 aromatic carbocycles. The summed E-state index contributed by atoms with van der Waals surface area (Å²) in [5.41, 5.74) is 1.59. The number of carbonyl (C=O) groups is 1. The quantitative estimate of drug-likeness (QED) is 0.542. The molecule has 2 heterocycles. The van der Waals surface area contributed by atoms with E-state index in [1.807, 2.05) is 6.07 Å². The van der Waals surface area contributed by atoms with E-state index in [0.717, 1.165) is 5.56 Å². The summed E-state index contributed by atoms with van der Waals surface area (Å²) < 4.78 is 6.51. The van der Waals surface area contributed by atoms with Crippen LogP contribution in [0.1, 0.15) is 5.56 Å². The fraction of sp³-hybridized carbons (Fsp3) is 0.125. The average Bonchev–Trinajstić information content (AvgIpc) is 2.57. The number of para-hydroxylation sites is 2. The number of halogens is 1. The van der Waals surface area contributed by atoms with E-state index >= 15 is 0 Å². The molecule has 0 amide bonds. The summed E-state index contributed by atoms with van der Waals surface area (Å²) in [6.07, 6.45) is 2.72. The minimum Gasteiger partial charge on any atom is -0.459 e. The van der Waals surface area contributed by atoms with E-state index in [1.165, 1.54) is 17.0 Å². The van der Waals surface area contributed by atoms with Gasteiger partial charge in [0.15, 0.2) is 0 Å². The number of fused-ring (bicyclic) bond motifs is 1. The Morgan fingerprint density at radius 1 is 1.13 bits per heavy atom. The van der Waals surface area contributed by atoms with Gasteiger partial charge in [-0.05, 0) is 18.2 Å². The maximum absolute atomic E-state index is 12.0. The van der Waals surface area contributed by atoms with Crippen LogP contribution in [0, 0.1) is 0 Å². The minimum absolute atomic E-state index is 0.0702. The zero-order valence-corrected chi connectivity index (χ0v) is 12.7. The lowest BCUT2D eigenvalue weighted by Crippen LogP contribution is -2.25. The molecule has 0 bridgehead atoms. The topological polar surface area (TPSA) is 74.1 Å². The maximum atomic E-state index is 12.0. The molecule has 7 heteroatoms. The van der Waals surface area contributed by atoms with Crippen LogP contribution in [0.5, 0.6) is 0 Å². The van der Waals surface area contributed by atoms with Crippen molar-refractivity contribution in [2.24, 2.45) is 0 Å². The highest BCUT2D eigenvalue weighted by atomic mass is 35.5. The van der Waals surface area contributed by atoms with Gasteiger partial charge in [-0.25, -0.2) is 9.97 Å². The third-order valence-corrected chi connectivity index (χ3v) is 3.45. The number of benzene rings is 1. The van der Waals surface area contributed by atoms with Gasteiger partial charge < -0.3 is 4.74 Å². The van der Waals surface area contributed by atoms with Crippen molar-refractivity contribution >= 4 is 28.6 Å². The molecule has 0 aliphatic heterocycles. The Morgan fingerprint density at radius 3 is 2.74 bits per heavy atom. The second kappa shape index (κ2) is 6.58. The van der Waals surface area contributed by atoms with Crippen LogP contribution in [0.2, 0.25) is 5.15 Å². The Bertz CT molecular complexity index is 906. The van der Waals surface area contributed by atoms with E-state index in [1.54, 1.807) is 30.3 Å². The van der Waals surface area contributed by atoms with Gasteiger partial charge in [-0.2, -0.15) is 0 Å². The maximum Gasteiger partial charge on any atom is 0.326 e. The number of nitrogens with zero attached hydrogens (tertiary/aromatic N) is 3. The first-order valence-electron chi connectivity index (χ1n) is 6.84. The van der Waals surface area contributed by atoms with Gasteiger partial charge in [-0.1, -0.05) is 29.8 Å². The molecule has 23 heavy (non-hydrogen) atoms. The standard InChI is InChI=1S/C16H12ClN3O3/c17-14-6-5-11(7-19-14)10-23-16(22)9-20-13-4-2-1-3-12(13)18-8-15(20)21/h1-8H,9-10H2. The molecule has 6 nitrogen and oxygen atoms in total. The smallest absolute Gasteiger partial charge is 0.326 e. The second-order valence-corrected chi connectivity index (χ2v) is 5.21. The van der Waals surface area contributed by atoms with Crippen LogP contribution in [0.3, 0.4) is 0 Å². The monoisotopic (exact) mass is 329 g/mol. The summed E-state index contributed by atoms with van der Waals surface area (Å²) in [4.78, 5) is 31.9. The van der Waals surface area contributed by atoms with Crippen LogP contribution in [0.15, 0.2) is 53.6 Å². The zero-order chi connectivity index (χ0) is 16.2. The second-order valence-electron chi connectivity index (χ2n) is 4.82. The fourth-order valence-electron chi connectivity index (χ4n) is 2.11. The Hall–Kier alpha value is -2.73. The largest absolute Gasteiger partial charge is 0.459 e. The van der Waals surface area contributed by atoms with Crippen LogP contribution < -0.4 is 5.56 Å². The number of ether oxygens (including phenoxy) is 1. The number of aromatic nitrogens is 3. The van der Waals surface area contributed by atoms with Crippen molar-refractivity contribution < 1.29 is 9.53 Å². The summed E-state index contributed by atoms with van der Waals surface area (Å²) in [6.45, 7) is -0.107. The number of hydrogen-bond acceptors (Lipinski definition) is 5. The van der Waals surface area contributed by atoms with E-state index in [9.17, 15) is 9.59 Å². The molecule has 2 aromatic heterocycles. The molecule has 0 radical (unpaired) electrons. The SMILES string of the molecule is O=C(Cn1c(=O)cnc2ccccc21)OCc1ccc(Cl)nc1. The summed E-state index contributed by atoms with van der Waals surface area (Å²) in [6, 6.07) is 10.4. The Morgan fingerprint density at radius 2 is 1.96 bits per heavy atom. The first-order chi connectivity index (χ1) is 11.1. The molecule has 116 valence electrons. The van der Waals surface area contributed by atoms with Gasteiger partial charge in [0, 0.05) is 11.8 Å². The zero-order valence-electron chi connectivity index (χ0n) is 12.0. The van der Waals surface area contributed by atoms with Gasteiger partial charge in [0.2, 0.25) is 0 Å². The lowest BCUT2D eigenvalue weighted by molar-refractivity contribution is -0.145. The van der Waals surface area contributed by atoms with Crippen LogP contribution in [0.4, 0.5) is 0 Å². The van der Waals surface area contributed by atoms with Gasteiger partial charge in [0.25, 0.3) is 5.56 Å². The minimum atomic E-state index is -0.515. The molecule has 0 aliphatic rings. The van der Waals surface area contributed by atoms with E-state index in [0.29, 0.717) is 16.2 Å². The summed E-state index contributed by atoms with van der Waals surface area (Å²) >= 11 is 5.69. The predicted molar refractivity (Wildman–Crippen MR) is 85.0 cm³/mol. The molecule has 0 fully saturated rings. The van der Waals surface area contributed by atoms with Gasteiger partial charge in [-0.15, -0.1) is 0 Å². The molecule has 0 saturated carbocycles. The Labute approximate surface area is 136 Å². The van der Waals surface area contributed by atoms with Crippen molar-refractivity contribution in [3.05, 3.63) is 69.9 Å². The van der Waals surface area contributed by atoms with Crippen molar-refractivity contribution in [1.29, 1.82) is 0 Å². The summed E-state index contributed by atoms with van der Waals surface area (Å²) in [5.74, 6) is -0.515. The number of carbonyl (C=O) groups excluding carboxylic acids is 1. The highest BCUT2D eigenvalue weighted by Gasteiger charge is 2.10. The van der Waals surface area contributed by atoms with Gasteiger partial charge in [0.1, 0.15) is 18.3 Å². The molecule has 0 saturated heterocycles. The lowest BCUT2D eigenvalue weighted by atomic mass is 10.3. The van der Waals surface area contributed by atoms with E-state index in [2.05, 4.69) is 9.97 Å². The molecular weight excluding hydrogens is 318 g/mol. The van der Waals surface area contributed by atoms with Crippen molar-refractivity contribution in [1.82, 2.24) is 14.5 Å². The van der Waals surface area contributed by atoms with Crippen LogP contribution >= 0.6 is 11.6 Å². The van der Waals surface area contributed by atoms with Crippen molar-refractivity contribution in [3.63, 3.8) is 0 Å². The van der Waals surface area contributed by atoms with E-state index < -0.39 is 5.97 Å². The van der Waals surface area contributed by atoms with Gasteiger partial charge in [-0.3, -0.25) is 14.2 Å². The number of pyridine rings is 1. The van der Waals surface area contributed by atoms with Crippen LogP contribution in [-0.2, 0) is 22.7 Å². The molecule has 0 N–H and O–H groups in total. The molecule has 0 aliphatic carbocycles. The van der Waals surface area contributed by atoms with Crippen molar-refractivity contribution in [2.75, 3.05) is 0 Å². The van der Waals surface area contributed by atoms with Gasteiger partial charge >= 0.3 is 5.97 Å². The predicted octanol–water partition coefficient (Wildman–Crippen LogP) is 2.19. The van der Waals surface area contributed by atoms with Crippen molar-refractivity contribution in [3.8, 4) is 0 Å². The molecule has 3 rings (SSSR count). The number of hydrogen-bond donors (Lipinski definition) is 0. The average molecular weight is 330 g/mol. The van der Waals surface area contributed by atoms with E-state index in [4.69, 9.17) is 16.3 Å². The Kier molecular flexibility index (Phi) is 4.34. The lowest BCUT2D eigenvalue weighted by Gasteiger charge is -2.09. The van der Waals surface area contributed by atoms with Crippen LogP contribution in [0.25, 0.3) is 11.0 Å². The molecule has 0 unspecified atom stereocenters. The molecular formula is C16H12ClN3O3. The Balaban J connectivity index is 1.74. The number of esters is 1. The molecule has 0 atom stereocenters. The highest BCUT2D eigenvalue weighted by molar-refractivity contribution is 6.29. The fourth-order valence-corrected chi connectivity index (χ4v) is 2.22. The normalized spacial score (nSPS) is 10.7. The molecule has 3 aromatic rings. The van der Waals surface area contributed by atoms with E-state index in [-0.39, 0.29) is 18.7 Å². The first kappa shape index (κ1) is 15.2. The molecule has 0 spiro atoms. The summed E-state index contributed by atoms with van der Waals surface area (Å²) in [7, 11) is 0. The number of rotatable bonds is 4. The third kappa shape index (κ3) is 3.54. The third-order valence-electron chi connectivity index (χ3n) is 3.23. The first-order valence-corrected chi connectivity index (χ1v) is 7.22. The van der Waals surface area contributed by atoms with Crippen LogP contribution in [-0.4, -0.2) is 20.5 Å². The van der Waals surface area contributed by atoms with Gasteiger partial charge in [0.05, 0.1) is 17.2 Å². The summed E-state index contributed by atoms with van der Waals surface area (Å²) in [5, 5.41) is 0.370.